The molecule has 3 aromatic carbocycles. The molecule has 0 atom stereocenters. The Labute approximate surface area is 197 Å². The van der Waals surface area contributed by atoms with Gasteiger partial charge in [0.05, 0.1) is 29.3 Å². The van der Waals surface area contributed by atoms with Crippen LogP contribution in [0.5, 0.6) is 11.5 Å². The molecule has 0 amide bonds. The van der Waals surface area contributed by atoms with Crippen molar-refractivity contribution in [3.8, 4) is 11.5 Å². The average molecular weight is 491 g/mol. The molecule has 0 saturated heterocycles. The Morgan fingerprint density at radius 2 is 1.76 bits per heavy atom. The maximum absolute atomic E-state index is 13.7. The minimum Gasteiger partial charge on any atom is -0.495 e. The van der Waals surface area contributed by atoms with E-state index in [1.807, 2.05) is 32.0 Å². The van der Waals surface area contributed by atoms with Gasteiger partial charge in [0.25, 0.3) is 15.7 Å². The van der Waals surface area contributed by atoms with Crippen molar-refractivity contribution in [1.29, 1.82) is 0 Å². The van der Waals surface area contributed by atoms with Crippen LogP contribution in [-0.2, 0) is 10.0 Å². The molecule has 3 rings (SSSR count). The number of nitro benzene ring substituents is 1. The Morgan fingerprint density at radius 1 is 1.03 bits per heavy atom. The molecular weight excluding hydrogens is 468 g/mol. The molecule has 0 aliphatic carbocycles. The van der Waals surface area contributed by atoms with E-state index in [4.69, 9.17) is 21.1 Å². The number of hydrogen-bond acceptors (Lipinski definition) is 6. The molecule has 0 aliphatic heterocycles. The number of rotatable bonds is 9. The van der Waals surface area contributed by atoms with Gasteiger partial charge in [-0.15, -0.1) is 0 Å². The quantitative estimate of drug-likeness (QED) is 0.304. The van der Waals surface area contributed by atoms with Crippen LogP contribution in [0.1, 0.15) is 11.1 Å². The Hall–Kier alpha value is -3.30. The van der Waals surface area contributed by atoms with E-state index in [1.54, 1.807) is 24.3 Å². The Morgan fingerprint density at radius 3 is 2.45 bits per heavy atom. The predicted octanol–water partition coefficient (Wildman–Crippen LogP) is 5.15. The number of anilines is 1. The molecule has 3 aromatic rings. The summed E-state index contributed by atoms with van der Waals surface area (Å²) in [6, 6.07) is 15.6. The van der Waals surface area contributed by atoms with Crippen LogP contribution in [0.3, 0.4) is 0 Å². The third-order valence-electron chi connectivity index (χ3n) is 4.94. The van der Waals surface area contributed by atoms with E-state index in [0.717, 1.165) is 27.6 Å². The first-order valence-corrected chi connectivity index (χ1v) is 11.8. The molecule has 0 aromatic heterocycles. The lowest BCUT2D eigenvalue weighted by Crippen LogP contribution is -2.35. The fourth-order valence-corrected chi connectivity index (χ4v) is 5.19. The standard InChI is InChI=1S/C23H23ClN2O6S/c1-16-8-9-17(2)22(14-16)32-13-12-25(20-6-4-5-7-21(20)31-3)33(29,30)23-15-18(26(27)28)10-11-19(23)24/h4-11,14-15H,12-13H2,1-3H3. The number of non-ortho nitro benzene ring substituents is 1. The van der Waals surface area contributed by atoms with Crippen LogP contribution >= 0.6 is 11.6 Å². The van der Waals surface area contributed by atoms with E-state index in [2.05, 4.69) is 0 Å². The zero-order valence-corrected chi connectivity index (χ0v) is 19.9. The lowest BCUT2D eigenvalue weighted by Gasteiger charge is -2.26. The van der Waals surface area contributed by atoms with Crippen molar-refractivity contribution in [3.05, 3.63) is 86.9 Å². The van der Waals surface area contributed by atoms with Gasteiger partial charge in [0, 0.05) is 12.1 Å². The Kier molecular flexibility index (Phi) is 7.45. The molecule has 0 N–H and O–H groups in total. The highest BCUT2D eigenvalue weighted by Crippen LogP contribution is 2.35. The van der Waals surface area contributed by atoms with E-state index in [9.17, 15) is 18.5 Å². The summed E-state index contributed by atoms with van der Waals surface area (Å²) in [5, 5.41) is 11.1. The van der Waals surface area contributed by atoms with Crippen molar-refractivity contribution in [2.24, 2.45) is 0 Å². The Bertz CT molecular complexity index is 1280. The van der Waals surface area contributed by atoms with Gasteiger partial charge in [0.2, 0.25) is 0 Å². The van der Waals surface area contributed by atoms with E-state index in [1.165, 1.54) is 13.2 Å². The van der Waals surface area contributed by atoms with E-state index in [-0.39, 0.29) is 34.4 Å². The summed E-state index contributed by atoms with van der Waals surface area (Å²) in [5.74, 6) is 0.954. The topological polar surface area (TPSA) is 99.0 Å². The van der Waals surface area contributed by atoms with Crippen LogP contribution in [0.15, 0.2) is 65.6 Å². The lowest BCUT2D eigenvalue weighted by molar-refractivity contribution is -0.385. The van der Waals surface area contributed by atoms with Gasteiger partial charge in [-0.05, 0) is 49.2 Å². The molecule has 10 heteroatoms. The summed E-state index contributed by atoms with van der Waals surface area (Å²) in [5.41, 5.74) is 1.79. The number of sulfonamides is 1. The largest absolute Gasteiger partial charge is 0.495 e. The van der Waals surface area contributed by atoms with Gasteiger partial charge in [-0.1, -0.05) is 35.9 Å². The first-order chi connectivity index (χ1) is 15.6. The molecule has 33 heavy (non-hydrogen) atoms. The highest BCUT2D eigenvalue weighted by atomic mass is 35.5. The van der Waals surface area contributed by atoms with Crippen molar-refractivity contribution < 1.29 is 22.8 Å². The average Bonchev–Trinajstić information content (AvgIpc) is 2.78. The normalized spacial score (nSPS) is 11.2. The summed E-state index contributed by atoms with van der Waals surface area (Å²) in [7, 11) is -2.88. The van der Waals surface area contributed by atoms with Crippen molar-refractivity contribution >= 4 is 33.0 Å². The summed E-state index contributed by atoms with van der Waals surface area (Å²) >= 11 is 6.17. The van der Waals surface area contributed by atoms with Crippen LogP contribution < -0.4 is 13.8 Å². The number of nitro groups is 1. The fraction of sp³-hybridized carbons (Fsp3) is 0.217. The van der Waals surface area contributed by atoms with Crippen molar-refractivity contribution in [1.82, 2.24) is 0 Å². The predicted molar refractivity (Wildman–Crippen MR) is 127 cm³/mol. The summed E-state index contributed by atoms with van der Waals surface area (Å²) < 4.78 is 39.7. The van der Waals surface area contributed by atoms with Crippen LogP contribution in [0, 0.1) is 24.0 Å². The molecule has 0 radical (unpaired) electrons. The number of ether oxygens (including phenoxy) is 2. The fourth-order valence-electron chi connectivity index (χ4n) is 3.23. The maximum atomic E-state index is 13.7. The number of nitrogens with zero attached hydrogens (tertiary/aromatic N) is 2. The molecule has 0 bridgehead atoms. The van der Waals surface area contributed by atoms with Crippen LogP contribution in [0.2, 0.25) is 5.02 Å². The number of benzene rings is 3. The third-order valence-corrected chi connectivity index (χ3v) is 7.24. The lowest BCUT2D eigenvalue weighted by atomic mass is 10.1. The van der Waals surface area contributed by atoms with Crippen molar-refractivity contribution in [2.75, 3.05) is 24.6 Å². The van der Waals surface area contributed by atoms with Gasteiger partial charge >= 0.3 is 0 Å². The van der Waals surface area contributed by atoms with E-state index in [0.29, 0.717) is 11.5 Å². The van der Waals surface area contributed by atoms with E-state index < -0.39 is 14.9 Å². The first kappa shape index (κ1) is 24.3. The second kappa shape index (κ2) is 10.1. The first-order valence-electron chi connectivity index (χ1n) is 9.95. The molecule has 174 valence electrons. The SMILES string of the molecule is COc1ccccc1N(CCOc1cc(C)ccc1C)S(=O)(=O)c1cc([N+](=O)[O-])ccc1Cl. The molecular formula is C23H23ClN2O6S. The number of halogens is 1. The second-order valence-corrected chi connectivity index (χ2v) is 9.48. The summed E-state index contributed by atoms with van der Waals surface area (Å²) in [4.78, 5) is 10.2. The smallest absolute Gasteiger partial charge is 0.270 e. The zero-order chi connectivity index (χ0) is 24.2. The molecule has 0 heterocycles. The van der Waals surface area contributed by atoms with Gasteiger partial charge in [0.1, 0.15) is 23.0 Å². The molecule has 0 saturated carbocycles. The molecule has 0 fully saturated rings. The van der Waals surface area contributed by atoms with Crippen LogP contribution in [-0.4, -0.2) is 33.6 Å². The van der Waals surface area contributed by atoms with Gasteiger partial charge in [-0.2, -0.15) is 0 Å². The molecule has 0 aliphatic rings. The number of para-hydroxylation sites is 2. The minimum absolute atomic E-state index is 0.0219. The highest BCUT2D eigenvalue weighted by Gasteiger charge is 2.31. The molecule has 0 unspecified atom stereocenters. The summed E-state index contributed by atoms with van der Waals surface area (Å²) in [6.07, 6.45) is 0. The Balaban J connectivity index is 2.03. The van der Waals surface area contributed by atoms with E-state index >= 15 is 0 Å². The highest BCUT2D eigenvalue weighted by molar-refractivity contribution is 7.93. The number of methoxy groups -OCH3 is 1. The summed E-state index contributed by atoms with van der Waals surface area (Å²) in [6.45, 7) is 3.76. The number of aryl methyl sites for hydroxylation is 2. The van der Waals surface area contributed by atoms with Crippen LogP contribution in [0.25, 0.3) is 0 Å². The van der Waals surface area contributed by atoms with Crippen molar-refractivity contribution in [3.63, 3.8) is 0 Å². The van der Waals surface area contributed by atoms with Gasteiger partial charge in [0.15, 0.2) is 0 Å². The van der Waals surface area contributed by atoms with Gasteiger partial charge in [-0.25, -0.2) is 8.42 Å². The van der Waals surface area contributed by atoms with Gasteiger partial charge in [-0.3, -0.25) is 14.4 Å². The second-order valence-electron chi connectivity index (χ2n) is 7.24. The minimum atomic E-state index is -4.31. The third kappa shape index (κ3) is 5.37. The maximum Gasteiger partial charge on any atom is 0.270 e. The molecule has 8 nitrogen and oxygen atoms in total. The zero-order valence-electron chi connectivity index (χ0n) is 18.3. The monoisotopic (exact) mass is 490 g/mol. The van der Waals surface area contributed by atoms with Gasteiger partial charge < -0.3 is 9.47 Å². The van der Waals surface area contributed by atoms with Crippen LogP contribution in [0.4, 0.5) is 11.4 Å². The van der Waals surface area contributed by atoms with Crippen molar-refractivity contribution in [2.45, 2.75) is 18.7 Å². The molecule has 0 spiro atoms. The number of hydrogen-bond donors (Lipinski definition) is 0.